The van der Waals surface area contributed by atoms with E-state index in [4.69, 9.17) is 0 Å². The van der Waals surface area contributed by atoms with E-state index in [0.717, 1.165) is 5.92 Å². The molecule has 0 fully saturated rings. The van der Waals surface area contributed by atoms with Crippen molar-refractivity contribution in [3.8, 4) is 0 Å². The average molecular weight is 301 g/mol. The van der Waals surface area contributed by atoms with Crippen LogP contribution in [0.3, 0.4) is 0 Å². The molecule has 0 radical (unpaired) electrons. The number of halogens is 1. The highest BCUT2D eigenvalue weighted by atomic mass is 79.9. The van der Waals surface area contributed by atoms with Gasteiger partial charge in [-0.05, 0) is 36.6 Å². The van der Waals surface area contributed by atoms with Crippen molar-refractivity contribution in [2.75, 3.05) is 5.75 Å². The third kappa shape index (κ3) is 5.95. The summed E-state index contributed by atoms with van der Waals surface area (Å²) in [5.74, 6) is 1.99. The molecule has 16 heavy (non-hydrogen) atoms. The second-order valence-corrected chi connectivity index (χ2v) is 6.76. The fourth-order valence-corrected chi connectivity index (χ4v) is 2.74. The summed E-state index contributed by atoms with van der Waals surface area (Å²) in [5, 5.41) is 0. The molecule has 0 amide bonds. The molecule has 0 bridgehead atoms. The van der Waals surface area contributed by atoms with Crippen molar-refractivity contribution < 1.29 is 0 Å². The SMILES string of the molecule is CC(C)C(Br)CCCCSc1ccccc1. The van der Waals surface area contributed by atoms with E-state index < -0.39 is 0 Å². The Hall–Kier alpha value is 0.0500. The number of hydrogen-bond acceptors (Lipinski definition) is 1. The van der Waals surface area contributed by atoms with E-state index >= 15 is 0 Å². The van der Waals surface area contributed by atoms with E-state index in [-0.39, 0.29) is 0 Å². The molecule has 0 aliphatic heterocycles. The smallest absolute Gasteiger partial charge is 0.0168 e. The summed E-state index contributed by atoms with van der Waals surface area (Å²) < 4.78 is 0. The van der Waals surface area contributed by atoms with Crippen LogP contribution in [0.15, 0.2) is 35.2 Å². The second-order valence-electron chi connectivity index (χ2n) is 4.42. The zero-order valence-corrected chi connectivity index (χ0v) is 12.6. The molecule has 0 N–H and O–H groups in total. The molecule has 1 aromatic rings. The molecule has 1 atom stereocenters. The van der Waals surface area contributed by atoms with Gasteiger partial charge in [-0.3, -0.25) is 0 Å². The van der Waals surface area contributed by atoms with Gasteiger partial charge in [0.2, 0.25) is 0 Å². The Kier molecular flexibility index (Phi) is 7.22. The maximum atomic E-state index is 3.73. The molecule has 0 aromatic heterocycles. The highest BCUT2D eigenvalue weighted by Gasteiger charge is 2.07. The monoisotopic (exact) mass is 300 g/mol. The summed E-state index contributed by atoms with van der Waals surface area (Å²) in [6.45, 7) is 4.55. The van der Waals surface area contributed by atoms with Gasteiger partial charge in [0.1, 0.15) is 0 Å². The molecule has 0 spiro atoms. The Morgan fingerprint density at radius 2 is 1.81 bits per heavy atom. The van der Waals surface area contributed by atoms with Gasteiger partial charge in [-0.2, -0.15) is 0 Å². The van der Waals surface area contributed by atoms with Crippen molar-refractivity contribution >= 4 is 27.7 Å². The van der Waals surface area contributed by atoms with Crippen molar-refractivity contribution in [3.05, 3.63) is 30.3 Å². The minimum absolute atomic E-state index is 0.689. The molecular formula is C14H21BrS. The molecule has 0 heterocycles. The van der Waals surface area contributed by atoms with Crippen LogP contribution in [0.1, 0.15) is 33.1 Å². The minimum Gasteiger partial charge on any atom is -0.126 e. The lowest BCUT2D eigenvalue weighted by atomic mass is 10.1. The second kappa shape index (κ2) is 8.19. The Morgan fingerprint density at radius 1 is 1.12 bits per heavy atom. The van der Waals surface area contributed by atoms with Crippen LogP contribution in [0, 0.1) is 5.92 Å². The molecule has 0 saturated carbocycles. The van der Waals surface area contributed by atoms with Gasteiger partial charge in [0.05, 0.1) is 0 Å². The Labute approximate surface area is 112 Å². The van der Waals surface area contributed by atoms with Gasteiger partial charge in [-0.25, -0.2) is 0 Å². The summed E-state index contributed by atoms with van der Waals surface area (Å²) in [6, 6.07) is 10.7. The van der Waals surface area contributed by atoms with Crippen LogP contribution >= 0.6 is 27.7 Å². The standard InChI is InChI=1S/C14H21BrS/c1-12(2)14(15)10-6-7-11-16-13-8-4-3-5-9-13/h3-5,8-9,12,14H,6-7,10-11H2,1-2H3. The first-order valence-electron chi connectivity index (χ1n) is 6.02. The molecule has 1 aromatic carbocycles. The van der Waals surface area contributed by atoms with Crippen molar-refractivity contribution in [2.24, 2.45) is 5.92 Å². The first-order valence-corrected chi connectivity index (χ1v) is 7.92. The van der Waals surface area contributed by atoms with Gasteiger partial charge in [-0.1, -0.05) is 54.4 Å². The van der Waals surface area contributed by atoms with Gasteiger partial charge in [-0.15, -0.1) is 11.8 Å². The first-order chi connectivity index (χ1) is 7.70. The molecule has 0 aliphatic carbocycles. The third-order valence-corrected chi connectivity index (χ3v) is 5.22. The quantitative estimate of drug-likeness (QED) is 0.371. The van der Waals surface area contributed by atoms with Gasteiger partial charge in [0.25, 0.3) is 0 Å². The maximum Gasteiger partial charge on any atom is 0.0168 e. The molecule has 1 rings (SSSR count). The average Bonchev–Trinajstić information content (AvgIpc) is 2.29. The summed E-state index contributed by atoms with van der Waals surface area (Å²) >= 11 is 5.70. The predicted molar refractivity (Wildman–Crippen MR) is 78.6 cm³/mol. The fraction of sp³-hybridized carbons (Fsp3) is 0.571. The van der Waals surface area contributed by atoms with Crippen LogP contribution in [0.4, 0.5) is 0 Å². The number of benzene rings is 1. The van der Waals surface area contributed by atoms with Crippen LogP contribution in [0.5, 0.6) is 0 Å². The van der Waals surface area contributed by atoms with Crippen molar-refractivity contribution in [3.63, 3.8) is 0 Å². The predicted octanol–water partition coefficient (Wildman–Crippen LogP) is 5.37. The van der Waals surface area contributed by atoms with Crippen LogP contribution in [-0.2, 0) is 0 Å². The van der Waals surface area contributed by atoms with Crippen LogP contribution in [-0.4, -0.2) is 10.6 Å². The molecule has 2 heteroatoms. The summed E-state index contributed by atoms with van der Waals surface area (Å²) in [7, 11) is 0. The minimum atomic E-state index is 0.689. The number of unbranched alkanes of at least 4 members (excludes halogenated alkanes) is 1. The lowest BCUT2D eigenvalue weighted by Gasteiger charge is -2.12. The van der Waals surface area contributed by atoms with E-state index in [1.165, 1.54) is 29.9 Å². The lowest BCUT2D eigenvalue weighted by Crippen LogP contribution is -2.06. The van der Waals surface area contributed by atoms with Gasteiger partial charge in [0, 0.05) is 9.72 Å². The summed E-state index contributed by atoms with van der Waals surface area (Å²) in [6.07, 6.45) is 3.94. The van der Waals surface area contributed by atoms with Gasteiger partial charge >= 0.3 is 0 Å². The Bertz CT molecular complexity index is 271. The number of alkyl halides is 1. The Morgan fingerprint density at radius 3 is 2.44 bits per heavy atom. The Balaban J connectivity index is 2.04. The summed E-state index contributed by atoms with van der Waals surface area (Å²) in [4.78, 5) is 2.08. The fourth-order valence-electron chi connectivity index (χ4n) is 1.48. The van der Waals surface area contributed by atoms with Crippen molar-refractivity contribution in [1.29, 1.82) is 0 Å². The third-order valence-electron chi connectivity index (χ3n) is 2.61. The molecule has 1 unspecified atom stereocenters. The van der Waals surface area contributed by atoms with Crippen LogP contribution in [0.25, 0.3) is 0 Å². The zero-order chi connectivity index (χ0) is 11.8. The van der Waals surface area contributed by atoms with Gasteiger partial charge < -0.3 is 0 Å². The zero-order valence-electron chi connectivity index (χ0n) is 10.2. The van der Waals surface area contributed by atoms with E-state index in [1.54, 1.807) is 0 Å². The molecule has 0 nitrogen and oxygen atoms in total. The van der Waals surface area contributed by atoms with E-state index in [9.17, 15) is 0 Å². The lowest BCUT2D eigenvalue weighted by molar-refractivity contribution is 0.560. The van der Waals surface area contributed by atoms with Crippen LogP contribution in [0.2, 0.25) is 0 Å². The first kappa shape index (κ1) is 14.1. The normalized spacial score (nSPS) is 13.0. The molecule has 0 aliphatic rings. The number of rotatable bonds is 7. The topological polar surface area (TPSA) is 0 Å². The van der Waals surface area contributed by atoms with Crippen LogP contribution < -0.4 is 0 Å². The number of thioether (sulfide) groups is 1. The molecular weight excluding hydrogens is 280 g/mol. The maximum absolute atomic E-state index is 3.73. The highest BCUT2D eigenvalue weighted by molar-refractivity contribution is 9.09. The molecule has 90 valence electrons. The summed E-state index contributed by atoms with van der Waals surface area (Å²) in [5.41, 5.74) is 0. The highest BCUT2D eigenvalue weighted by Crippen LogP contribution is 2.22. The van der Waals surface area contributed by atoms with E-state index in [0.29, 0.717) is 4.83 Å². The molecule has 0 saturated heterocycles. The van der Waals surface area contributed by atoms with Gasteiger partial charge in [0.15, 0.2) is 0 Å². The van der Waals surface area contributed by atoms with Crippen molar-refractivity contribution in [2.45, 2.75) is 42.8 Å². The largest absolute Gasteiger partial charge is 0.126 e. The van der Waals surface area contributed by atoms with E-state index in [2.05, 4.69) is 60.1 Å². The van der Waals surface area contributed by atoms with Crippen molar-refractivity contribution in [1.82, 2.24) is 0 Å². The number of hydrogen-bond donors (Lipinski definition) is 0. The van der Waals surface area contributed by atoms with E-state index in [1.807, 2.05) is 11.8 Å².